The molecule has 0 aliphatic rings. The number of carboxylic acids is 1. The fourth-order valence-corrected chi connectivity index (χ4v) is 5.13. The van der Waals surface area contributed by atoms with E-state index in [1.165, 1.54) is 0 Å². The van der Waals surface area contributed by atoms with Gasteiger partial charge in [-0.3, -0.25) is 14.4 Å². The van der Waals surface area contributed by atoms with Crippen molar-refractivity contribution in [1.29, 1.82) is 0 Å². The molecule has 2 aromatic rings. The first-order chi connectivity index (χ1) is 16.6. The molecule has 0 aliphatic heterocycles. The Labute approximate surface area is 217 Å². The summed E-state index contributed by atoms with van der Waals surface area (Å²) in [6.45, 7) is 3.71. The molecule has 8 heteroatoms. The number of aliphatic carboxylic acids is 1. The Kier molecular flexibility index (Phi) is 11.7. The fraction of sp³-hybridized carbons (Fsp3) is 0.444. The van der Waals surface area contributed by atoms with E-state index in [0.29, 0.717) is 17.7 Å². The van der Waals surface area contributed by atoms with Crippen LogP contribution in [0, 0.1) is 5.41 Å². The molecule has 35 heavy (non-hydrogen) atoms. The van der Waals surface area contributed by atoms with Gasteiger partial charge >= 0.3 is 5.97 Å². The Hall–Kier alpha value is -2.45. The lowest BCUT2D eigenvalue weighted by Crippen LogP contribution is -2.33. The van der Waals surface area contributed by atoms with Crippen molar-refractivity contribution in [3.63, 3.8) is 0 Å². The largest absolute Gasteiger partial charge is 0.481 e. The number of carboxylic acid groups (broad SMARTS) is 1. The first-order valence-corrected chi connectivity index (χ1v) is 13.9. The van der Waals surface area contributed by atoms with Gasteiger partial charge in [0.15, 0.2) is 0 Å². The summed E-state index contributed by atoms with van der Waals surface area (Å²) in [6, 6.07) is 15.2. The van der Waals surface area contributed by atoms with Gasteiger partial charge in [-0.25, -0.2) is 0 Å². The normalized spacial score (nSPS) is 11.2. The minimum atomic E-state index is -0.746. The smallest absolute Gasteiger partial charge is 0.303 e. The van der Waals surface area contributed by atoms with Gasteiger partial charge in [-0.2, -0.15) is 11.8 Å². The predicted molar refractivity (Wildman–Crippen MR) is 149 cm³/mol. The summed E-state index contributed by atoms with van der Waals surface area (Å²) in [5.41, 5.74) is 2.72. The van der Waals surface area contributed by atoms with Gasteiger partial charge in [0.1, 0.15) is 0 Å². The van der Waals surface area contributed by atoms with E-state index < -0.39 is 11.4 Å². The standard InChI is InChI=1S/C27H36N2O4S2/c1-27(2,19-35-25(32)20-11-7-5-8-12-20)26(33)28-23-17-22(29(3)4)15-14-21(23)18-34-16-10-6-9-13-24(30)31/h5,7-8,11-12,14-15,17H,6,9-10,13,16,18-19H2,1-4H3,(H,28,33)(H,30,31). The number of hydrogen-bond acceptors (Lipinski definition) is 6. The first kappa shape index (κ1) is 28.8. The van der Waals surface area contributed by atoms with E-state index in [4.69, 9.17) is 5.11 Å². The molecule has 0 radical (unpaired) electrons. The zero-order valence-corrected chi connectivity index (χ0v) is 22.6. The van der Waals surface area contributed by atoms with E-state index in [-0.39, 0.29) is 17.4 Å². The number of benzene rings is 2. The van der Waals surface area contributed by atoms with Crippen molar-refractivity contribution in [1.82, 2.24) is 0 Å². The molecule has 0 atom stereocenters. The number of carbonyl (C=O) groups excluding carboxylic acids is 2. The third kappa shape index (κ3) is 9.98. The summed E-state index contributed by atoms with van der Waals surface area (Å²) in [5, 5.41) is 11.8. The summed E-state index contributed by atoms with van der Waals surface area (Å²) in [7, 11) is 3.92. The molecule has 0 fully saturated rings. The quantitative estimate of drug-likeness (QED) is 0.290. The molecule has 0 bridgehead atoms. The fourth-order valence-electron chi connectivity index (χ4n) is 3.18. The Balaban J connectivity index is 1.98. The maximum Gasteiger partial charge on any atom is 0.303 e. The lowest BCUT2D eigenvalue weighted by Gasteiger charge is -2.24. The highest BCUT2D eigenvalue weighted by Gasteiger charge is 2.29. The third-order valence-electron chi connectivity index (χ3n) is 5.48. The molecule has 0 saturated heterocycles. The van der Waals surface area contributed by atoms with Gasteiger partial charge in [0.25, 0.3) is 0 Å². The molecule has 0 unspecified atom stereocenters. The topological polar surface area (TPSA) is 86.7 Å². The predicted octanol–water partition coefficient (Wildman–Crippen LogP) is 6.17. The lowest BCUT2D eigenvalue weighted by molar-refractivity contribution is -0.137. The van der Waals surface area contributed by atoms with Gasteiger partial charge in [0.2, 0.25) is 11.0 Å². The average Bonchev–Trinajstić information content (AvgIpc) is 2.82. The second-order valence-corrected chi connectivity index (χ2v) is 11.3. The molecule has 6 nitrogen and oxygen atoms in total. The number of rotatable bonds is 14. The molecule has 0 aromatic heterocycles. The van der Waals surface area contributed by atoms with Gasteiger partial charge in [0.05, 0.1) is 5.41 Å². The average molecular weight is 517 g/mol. The van der Waals surface area contributed by atoms with Crippen LogP contribution in [0.15, 0.2) is 48.5 Å². The van der Waals surface area contributed by atoms with Crippen LogP contribution in [-0.4, -0.2) is 47.7 Å². The molecular formula is C27H36N2O4S2. The van der Waals surface area contributed by atoms with Crippen LogP contribution in [0.5, 0.6) is 0 Å². The maximum atomic E-state index is 13.2. The van der Waals surface area contributed by atoms with Gasteiger partial charge in [-0.15, -0.1) is 0 Å². The monoisotopic (exact) mass is 516 g/mol. The first-order valence-electron chi connectivity index (χ1n) is 11.7. The van der Waals surface area contributed by atoms with Crippen LogP contribution in [-0.2, 0) is 15.3 Å². The van der Waals surface area contributed by atoms with Crippen LogP contribution >= 0.6 is 23.5 Å². The number of unbranched alkanes of at least 4 members (excludes halogenated alkanes) is 2. The Morgan fingerprint density at radius 2 is 1.71 bits per heavy atom. The molecule has 2 rings (SSSR count). The number of nitrogens with zero attached hydrogens (tertiary/aromatic N) is 1. The summed E-state index contributed by atoms with van der Waals surface area (Å²) < 4.78 is 0. The minimum Gasteiger partial charge on any atom is -0.481 e. The van der Waals surface area contributed by atoms with Crippen molar-refractivity contribution < 1.29 is 19.5 Å². The summed E-state index contributed by atoms with van der Waals surface area (Å²) in [6.07, 6.45) is 2.79. The zero-order chi connectivity index (χ0) is 25.8. The Morgan fingerprint density at radius 1 is 1.00 bits per heavy atom. The van der Waals surface area contributed by atoms with Crippen LogP contribution < -0.4 is 10.2 Å². The zero-order valence-electron chi connectivity index (χ0n) is 21.0. The van der Waals surface area contributed by atoms with Gasteiger partial charge < -0.3 is 15.3 Å². The molecule has 0 aliphatic carbocycles. The van der Waals surface area contributed by atoms with Gasteiger partial charge in [0, 0.05) is 49.0 Å². The maximum absolute atomic E-state index is 13.2. The van der Waals surface area contributed by atoms with Crippen LogP contribution in [0.4, 0.5) is 11.4 Å². The Bertz CT molecular complexity index is 994. The van der Waals surface area contributed by atoms with Crippen LogP contribution in [0.2, 0.25) is 0 Å². The SMILES string of the molecule is CN(C)c1ccc(CSCCCCCC(=O)O)c(NC(=O)C(C)(C)CSC(=O)c2ccccc2)c1. The van der Waals surface area contributed by atoms with E-state index in [1.54, 1.807) is 23.9 Å². The van der Waals surface area contributed by atoms with E-state index in [1.807, 2.05) is 69.2 Å². The van der Waals surface area contributed by atoms with Crippen LogP contribution in [0.25, 0.3) is 0 Å². The second kappa shape index (κ2) is 14.2. The van der Waals surface area contributed by atoms with Gasteiger partial charge in [-0.05, 0) is 36.3 Å². The van der Waals surface area contributed by atoms with Crippen molar-refractivity contribution >= 4 is 51.9 Å². The molecule has 2 N–H and O–H groups in total. The van der Waals surface area contributed by atoms with E-state index in [2.05, 4.69) is 5.32 Å². The van der Waals surface area contributed by atoms with Crippen molar-refractivity contribution in [2.24, 2.45) is 5.41 Å². The van der Waals surface area contributed by atoms with Crippen LogP contribution in [0.3, 0.4) is 0 Å². The second-order valence-electron chi connectivity index (χ2n) is 9.27. The van der Waals surface area contributed by atoms with Crippen molar-refractivity contribution in [2.45, 2.75) is 45.3 Å². The third-order valence-corrected chi connectivity index (χ3v) is 7.94. The molecule has 0 spiro atoms. The van der Waals surface area contributed by atoms with Crippen molar-refractivity contribution in [3.8, 4) is 0 Å². The van der Waals surface area contributed by atoms with E-state index in [9.17, 15) is 14.4 Å². The number of anilines is 2. The number of hydrogen-bond donors (Lipinski definition) is 2. The Morgan fingerprint density at radius 3 is 2.37 bits per heavy atom. The van der Waals surface area contributed by atoms with Crippen LogP contribution in [0.1, 0.15) is 55.5 Å². The molecule has 2 aromatic carbocycles. The number of carbonyl (C=O) groups is 3. The summed E-state index contributed by atoms with van der Waals surface area (Å²) in [4.78, 5) is 38.3. The molecule has 0 saturated carbocycles. The lowest BCUT2D eigenvalue weighted by atomic mass is 9.95. The number of thioether (sulfide) groups is 2. The molecule has 1 amide bonds. The molecule has 0 heterocycles. The highest BCUT2D eigenvalue weighted by atomic mass is 32.2. The van der Waals surface area contributed by atoms with Gasteiger partial charge in [-0.1, -0.05) is 68.4 Å². The highest BCUT2D eigenvalue weighted by Crippen LogP contribution is 2.30. The molecule has 190 valence electrons. The van der Waals surface area contributed by atoms with Crippen molar-refractivity contribution in [2.75, 3.05) is 35.8 Å². The van der Waals surface area contributed by atoms with E-state index >= 15 is 0 Å². The summed E-state index contributed by atoms with van der Waals surface area (Å²) >= 11 is 2.94. The summed E-state index contributed by atoms with van der Waals surface area (Å²) in [5.74, 6) is 1.20. The number of amides is 1. The minimum absolute atomic E-state index is 0.0403. The van der Waals surface area contributed by atoms with E-state index in [0.717, 1.165) is 53.0 Å². The van der Waals surface area contributed by atoms with Crippen molar-refractivity contribution in [3.05, 3.63) is 59.7 Å². The number of nitrogens with one attached hydrogen (secondary N) is 1. The highest BCUT2D eigenvalue weighted by molar-refractivity contribution is 8.14. The molecular weight excluding hydrogens is 480 g/mol.